The van der Waals surface area contributed by atoms with Crippen molar-refractivity contribution in [2.24, 2.45) is 5.92 Å². The molecular weight excluding hydrogens is 326 g/mol. The van der Waals surface area contributed by atoms with Gasteiger partial charge in [0.2, 0.25) is 0 Å². The van der Waals surface area contributed by atoms with Crippen LogP contribution in [0.5, 0.6) is 0 Å². The molecule has 0 saturated carbocycles. The van der Waals surface area contributed by atoms with Crippen molar-refractivity contribution in [3.63, 3.8) is 0 Å². The quantitative estimate of drug-likeness (QED) is 0.819. The smallest absolute Gasteiger partial charge is 0.321 e. The van der Waals surface area contributed by atoms with Crippen LogP contribution in [0.3, 0.4) is 0 Å². The summed E-state index contributed by atoms with van der Waals surface area (Å²) in [5.41, 5.74) is 2.25. The number of carbonyl (C=O) groups excluding carboxylic acids is 1. The molecule has 5 heteroatoms. The van der Waals surface area contributed by atoms with E-state index in [1.54, 1.807) is 11.1 Å². The zero-order valence-corrected chi connectivity index (χ0v) is 14.9. The number of anilines is 1. The maximum absolute atomic E-state index is 12.4. The van der Waals surface area contributed by atoms with E-state index in [-0.39, 0.29) is 18.1 Å². The summed E-state index contributed by atoms with van der Waals surface area (Å²) in [5.74, 6) is 6.36. The fraction of sp³-hybridized carbons (Fsp3) is 0.333. The molecule has 5 nitrogen and oxygen atoms in total. The number of carbonyl (C=O) groups is 1. The van der Waals surface area contributed by atoms with Crippen LogP contribution in [0.4, 0.5) is 10.5 Å². The van der Waals surface area contributed by atoms with Gasteiger partial charge >= 0.3 is 6.03 Å². The third-order valence-electron chi connectivity index (χ3n) is 4.62. The molecule has 134 valence electrons. The van der Waals surface area contributed by atoms with E-state index in [1.807, 2.05) is 49.4 Å². The Bertz CT molecular complexity index is 801. The summed E-state index contributed by atoms with van der Waals surface area (Å²) in [6.45, 7) is 3.15. The molecule has 2 N–H and O–H groups in total. The fourth-order valence-corrected chi connectivity index (χ4v) is 3.04. The summed E-state index contributed by atoms with van der Waals surface area (Å²) < 4.78 is 0. The number of amides is 2. The Morgan fingerprint density at radius 2 is 2.04 bits per heavy atom. The van der Waals surface area contributed by atoms with Crippen molar-refractivity contribution in [1.29, 1.82) is 0 Å². The number of hydrogen-bond donors (Lipinski definition) is 2. The predicted octanol–water partition coefficient (Wildman–Crippen LogP) is 3.11. The van der Waals surface area contributed by atoms with Gasteiger partial charge in [-0.05, 0) is 61.9 Å². The lowest BCUT2D eigenvalue weighted by Crippen LogP contribution is -2.42. The van der Waals surface area contributed by atoms with Gasteiger partial charge in [-0.1, -0.05) is 18.1 Å². The standard InChI is InChI=1S/C21H23N3O2/c1-16(25)18-10-13-24(14-11-18)21(26)23-20-7-4-5-17(15-20)8-9-19-6-2-3-12-22-19/h2-7,12,15-16,18,25H,10-11,13-14H2,1H3,(H,23,26). The molecule has 1 saturated heterocycles. The highest BCUT2D eigenvalue weighted by Crippen LogP contribution is 2.21. The van der Waals surface area contributed by atoms with Crippen LogP contribution in [0.25, 0.3) is 0 Å². The monoisotopic (exact) mass is 349 g/mol. The first-order valence-corrected chi connectivity index (χ1v) is 8.89. The summed E-state index contributed by atoms with van der Waals surface area (Å²) in [7, 11) is 0. The van der Waals surface area contributed by atoms with Crippen molar-refractivity contribution >= 4 is 11.7 Å². The molecule has 2 amide bonds. The van der Waals surface area contributed by atoms with Crippen molar-refractivity contribution in [2.45, 2.75) is 25.9 Å². The highest BCUT2D eigenvalue weighted by Gasteiger charge is 2.25. The number of nitrogens with zero attached hydrogens (tertiary/aromatic N) is 2. The van der Waals surface area contributed by atoms with Gasteiger partial charge in [-0.15, -0.1) is 0 Å². The SMILES string of the molecule is CC(O)C1CCN(C(=O)Nc2cccc(C#Cc3ccccn3)c2)CC1. The Kier molecular flexibility index (Phi) is 5.88. The highest BCUT2D eigenvalue weighted by molar-refractivity contribution is 5.89. The van der Waals surface area contributed by atoms with E-state index < -0.39 is 0 Å². The van der Waals surface area contributed by atoms with Crippen molar-refractivity contribution in [1.82, 2.24) is 9.88 Å². The number of rotatable bonds is 2. The minimum absolute atomic E-state index is 0.108. The Labute approximate surface area is 154 Å². The number of piperidine rings is 1. The molecule has 0 radical (unpaired) electrons. The first-order chi connectivity index (χ1) is 12.6. The van der Waals surface area contributed by atoms with E-state index in [0.29, 0.717) is 18.8 Å². The van der Waals surface area contributed by atoms with Gasteiger partial charge < -0.3 is 15.3 Å². The number of hydrogen-bond acceptors (Lipinski definition) is 3. The van der Waals surface area contributed by atoms with Crippen molar-refractivity contribution in [3.8, 4) is 11.8 Å². The first-order valence-electron chi connectivity index (χ1n) is 8.89. The molecule has 1 aliphatic rings. The summed E-state index contributed by atoms with van der Waals surface area (Å²) in [6, 6.07) is 13.0. The number of aliphatic hydroxyl groups is 1. The molecule has 1 aromatic carbocycles. The molecule has 1 atom stereocenters. The van der Waals surface area contributed by atoms with Gasteiger partial charge in [0.15, 0.2) is 0 Å². The van der Waals surface area contributed by atoms with Crippen LogP contribution in [-0.2, 0) is 0 Å². The van der Waals surface area contributed by atoms with Crippen LogP contribution in [0.1, 0.15) is 31.0 Å². The second-order valence-electron chi connectivity index (χ2n) is 6.54. The lowest BCUT2D eigenvalue weighted by atomic mass is 9.92. The molecule has 2 aromatic rings. The van der Waals surface area contributed by atoms with Gasteiger partial charge in [-0.3, -0.25) is 0 Å². The van der Waals surface area contributed by atoms with Crippen molar-refractivity contribution in [3.05, 3.63) is 59.9 Å². The summed E-state index contributed by atoms with van der Waals surface area (Å²) in [6.07, 6.45) is 3.07. The van der Waals surface area contributed by atoms with E-state index >= 15 is 0 Å². The Morgan fingerprint density at radius 1 is 1.23 bits per heavy atom. The maximum Gasteiger partial charge on any atom is 0.321 e. The van der Waals surface area contributed by atoms with Gasteiger partial charge in [0.05, 0.1) is 6.10 Å². The minimum atomic E-state index is -0.311. The fourth-order valence-electron chi connectivity index (χ4n) is 3.04. The molecular formula is C21H23N3O2. The Balaban J connectivity index is 1.60. The Morgan fingerprint density at radius 3 is 2.73 bits per heavy atom. The molecule has 1 aliphatic heterocycles. The van der Waals surface area contributed by atoms with Crippen LogP contribution in [0.2, 0.25) is 0 Å². The first kappa shape index (κ1) is 18.0. The third kappa shape index (κ3) is 4.84. The molecule has 2 heterocycles. The zero-order valence-electron chi connectivity index (χ0n) is 14.9. The van der Waals surface area contributed by atoms with Gasteiger partial charge in [0.25, 0.3) is 0 Å². The number of benzene rings is 1. The number of aromatic nitrogens is 1. The minimum Gasteiger partial charge on any atom is -0.393 e. The largest absolute Gasteiger partial charge is 0.393 e. The number of urea groups is 1. The predicted molar refractivity (Wildman–Crippen MR) is 102 cm³/mol. The van der Waals surface area contributed by atoms with E-state index in [2.05, 4.69) is 22.1 Å². The molecule has 1 fully saturated rings. The number of aliphatic hydroxyl groups excluding tert-OH is 1. The summed E-state index contributed by atoms with van der Waals surface area (Å²) in [5, 5.41) is 12.6. The average Bonchev–Trinajstić information content (AvgIpc) is 2.67. The zero-order chi connectivity index (χ0) is 18.4. The highest BCUT2D eigenvalue weighted by atomic mass is 16.3. The maximum atomic E-state index is 12.4. The molecule has 0 spiro atoms. The Hall–Kier alpha value is -2.84. The van der Waals surface area contributed by atoms with Crippen LogP contribution in [-0.4, -0.2) is 40.2 Å². The topological polar surface area (TPSA) is 65.5 Å². The number of pyridine rings is 1. The molecule has 3 rings (SSSR count). The van der Waals surface area contributed by atoms with E-state index in [9.17, 15) is 9.90 Å². The second kappa shape index (κ2) is 8.50. The normalized spacial score (nSPS) is 15.7. The van der Waals surface area contributed by atoms with Gasteiger partial charge in [0, 0.05) is 30.5 Å². The van der Waals surface area contributed by atoms with Crippen LogP contribution >= 0.6 is 0 Å². The van der Waals surface area contributed by atoms with E-state index in [4.69, 9.17) is 0 Å². The van der Waals surface area contributed by atoms with Gasteiger partial charge in [-0.25, -0.2) is 9.78 Å². The van der Waals surface area contributed by atoms with Crippen LogP contribution < -0.4 is 5.32 Å². The lowest BCUT2D eigenvalue weighted by molar-refractivity contribution is 0.0820. The number of likely N-dealkylation sites (tertiary alicyclic amines) is 1. The van der Waals surface area contributed by atoms with Crippen molar-refractivity contribution in [2.75, 3.05) is 18.4 Å². The van der Waals surface area contributed by atoms with E-state index in [1.165, 1.54) is 0 Å². The van der Waals surface area contributed by atoms with Gasteiger partial charge in [-0.2, -0.15) is 0 Å². The molecule has 1 aromatic heterocycles. The van der Waals surface area contributed by atoms with Crippen molar-refractivity contribution < 1.29 is 9.90 Å². The molecule has 0 bridgehead atoms. The third-order valence-corrected chi connectivity index (χ3v) is 4.62. The van der Waals surface area contributed by atoms with Crippen LogP contribution in [0, 0.1) is 17.8 Å². The number of nitrogens with one attached hydrogen (secondary N) is 1. The van der Waals surface area contributed by atoms with Gasteiger partial charge in [0.1, 0.15) is 5.69 Å². The van der Waals surface area contributed by atoms with E-state index in [0.717, 1.165) is 24.1 Å². The second-order valence-corrected chi connectivity index (χ2v) is 6.54. The summed E-state index contributed by atoms with van der Waals surface area (Å²) in [4.78, 5) is 18.4. The molecule has 1 unspecified atom stereocenters. The van der Waals surface area contributed by atoms with Crippen LogP contribution in [0.15, 0.2) is 48.7 Å². The average molecular weight is 349 g/mol. The lowest BCUT2D eigenvalue weighted by Gasteiger charge is -2.33. The molecule has 26 heavy (non-hydrogen) atoms. The summed E-state index contributed by atoms with van der Waals surface area (Å²) >= 11 is 0. The molecule has 0 aliphatic carbocycles.